The Morgan fingerprint density at radius 2 is 2.00 bits per heavy atom. The lowest BCUT2D eigenvalue weighted by molar-refractivity contribution is -0.152. The van der Waals surface area contributed by atoms with Gasteiger partial charge >= 0.3 is 0 Å². The molecule has 1 aliphatic carbocycles. The summed E-state index contributed by atoms with van der Waals surface area (Å²) in [6.45, 7) is 3.86. The molecule has 1 unspecified atom stereocenters. The van der Waals surface area contributed by atoms with Gasteiger partial charge in [0.15, 0.2) is 5.79 Å². The molecule has 1 spiro atoms. The molecule has 58 valence electrons. The van der Waals surface area contributed by atoms with Crippen LogP contribution in [0.3, 0.4) is 0 Å². The van der Waals surface area contributed by atoms with E-state index in [2.05, 4.69) is 6.92 Å². The molecule has 2 fully saturated rings. The molecule has 10 heavy (non-hydrogen) atoms. The maximum absolute atomic E-state index is 5.55. The summed E-state index contributed by atoms with van der Waals surface area (Å²) in [5, 5.41) is 0. The lowest BCUT2D eigenvalue weighted by Gasteiger charge is -2.20. The van der Waals surface area contributed by atoms with Crippen LogP contribution in [0.2, 0.25) is 0 Å². The Labute approximate surface area is 61.5 Å². The summed E-state index contributed by atoms with van der Waals surface area (Å²) >= 11 is 0. The molecule has 1 saturated heterocycles. The summed E-state index contributed by atoms with van der Waals surface area (Å²) in [6, 6.07) is 0. The summed E-state index contributed by atoms with van der Waals surface area (Å²) in [4.78, 5) is 0. The van der Waals surface area contributed by atoms with Crippen LogP contribution in [-0.2, 0) is 9.47 Å². The van der Waals surface area contributed by atoms with Gasteiger partial charge < -0.3 is 9.47 Å². The average Bonchev–Trinajstić information content (AvgIpc) is 2.46. The van der Waals surface area contributed by atoms with Crippen molar-refractivity contribution < 1.29 is 9.47 Å². The molecule has 0 N–H and O–H groups in total. The SMILES string of the molecule is CC1CCC2(C1)OCCO2. The minimum absolute atomic E-state index is 0.139. The fourth-order valence-corrected chi connectivity index (χ4v) is 1.96. The highest BCUT2D eigenvalue weighted by molar-refractivity contribution is 4.83. The Bertz CT molecular complexity index is 127. The van der Waals surface area contributed by atoms with E-state index < -0.39 is 0 Å². The third-order valence-corrected chi connectivity index (χ3v) is 2.49. The Morgan fingerprint density at radius 1 is 1.30 bits per heavy atom. The molecule has 0 aromatic carbocycles. The van der Waals surface area contributed by atoms with E-state index in [-0.39, 0.29) is 5.79 Å². The lowest BCUT2D eigenvalue weighted by Crippen LogP contribution is -2.25. The van der Waals surface area contributed by atoms with Gasteiger partial charge in [0.25, 0.3) is 0 Å². The molecule has 2 heteroatoms. The molecule has 2 aliphatic rings. The van der Waals surface area contributed by atoms with Gasteiger partial charge in [-0.25, -0.2) is 0 Å². The molecule has 0 aromatic rings. The van der Waals surface area contributed by atoms with Gasteiger partial charge in [-0.2, -0.15) is 0 Å². The second-order valence-electron chi connectivity index (χ2n) is 3.46. The summed E-state index contributed by atoms with van der Waals surface area (Å²) in [5.41, 5.74) is 0. The van der Waals surface area contributed by atoms with Crippen molar-refractivity contribution in [1.82, 2.24) is 0 Å². The van der Waals surface area contributed by atoms with E-state index in [1.54, 1.807) is 0 Å². The van der Waals surface area contributed by atoms with Crippen molar-refractivity contribution in [1.29, 1.82) is 0 Å². The minimum atomic E-state index is -0.139. The molecule has 1 heterocycles. The summed E-state index contributed by atoms with van der Waals surface area (Å²) in [5.74, 6) is 0.650. The molecular weight excluding hydrogens is 128 g/mol. The van der Waals surface area contributed by atoms with Crippen molar-refractivity contribution in [3.63, 3.8) is 0 Å². The quantitative estimate of drug-likeness (QED) is 0.511. The average molecular weight is 142 g/mol. The molecule has 0 bridgehead atoms. The van der Waals surface area contributed by atoms with E-state index in [0.717, 1.165) is 32.0 Å². The molecule has 2 rings (SSSR count). The van der Waals surface area contributed by atoms with E-state index in [0.29, 0.717) is 0 Å². The lowest BCUT2D eigenvalue weighted by atomic mass is 10.1. The van der Waals surface area contributed by atoms with Crippen LogP contribution < -0.4 is 0 Å². The van der Waals surface area contributed by atoms with Gasteiger partial charge in [-0.15, -0.1) is 0 Å². The Kier molecular flexibility index (Phi) is 1.46. The van der Waals surface area contributed by atoms with Crippen LogP contribution in [0, 0.1) is 5.92 Å². The van der Waals surface area contributed by atoms with Crippen molar-refractivity contribution in [2.45, 2.75) is 32.0 Å². The smallest absolute Gasteiger partial charge is 0.168 e. The highest BCUT2D eigenvalue weighted by atomic mass is 16.7. The molecule has 1 saturated carbocycles. The first-order valence-electron chi connectivity index (χ1n) is 4.09. The second-order valence-corrected chi connectivity index (χ2v) is 3.46. The van der Waals surface area contributed by atoms with E-state index in [9.17, 15) is 0 Å². The van der Waals surface area contributed by atoms with Crippen LogP contribution in [0.5, 0.6) is 0 Å². The predicted molar refractivity (Wildman–Crippen MR) is 37.6 cm³/mol. The van der Waals surface area contributed by atoms with Crippen LogP contribution in [-0.4, -0.2) is 19.0 Å². The maximum Gasteiger partial charge on any atom is 0.168 e. The maximum atomic E-state index is 5.55. The number of hydrogen-bond acceptors (Lipinski definition) is 2. The van der Waals surface area contributed by atoms with Crippen LogP contribution >= 0.6 is 0 Å². The van der Waals surface area contributed by atoms with Gasteiger partial charge in [0, 0.05) is 12.8 Å². The molecule has 2 nitrogen and oxygen atoms in total. The zero-order valence-corrected chi connectivity index (χ0v) is 6.43. The van der Waals surface area contributed by atoms with E-state index >= 15 is 0 Å². The van der Waals surface area contributed by atoms with Gasteiger partial charge in [0.05, 0.1) is 13.2 Å². The third kappa shape index (κ3) is 0.956. The Hall–Kier alpha value is -0.0800. The van der Waals surface area contributed by atoms with Gasteiger partial charge in [-0.1, -0.05) is 6.92 Å². The van der Waals surface area contributed by atoms with Crippen molar-refractivity contribution in [2.24, 2.45) is 5.92 Å². The number of hydrogen-bond donors (Lipinski definition) is 0. The van der Waals surface area contributed by atoms with Gasteiger partial charge in [0.2, 0.25) is 0 Å². The monoisotopic (exact) mass is 142 g/mol. The first-order valence-corrected chi connectivity index (χ1v) is 4.09. The number of ether oxygens (including phenoxy) is 2. The van der Waals surface area contributed by atoms with Crippen molar-refractivity contribution in [2.75, 3.05) is 13.2 Å². The summed E-state index contributed by atoms with van der Waals surface area (Å²) in [7, 11) is 0. The zero-order valence-electron chi connectivity index (χ0n) is 6.43. The van der Waals surface area contributed by atoms with Crippen molar-refractivity contribution >= 4 is 0 Å². The third-order valence-electron chi connectivity index (χ3n) is 2.49. The fourth-order valence-electron chi connectivity index (χ4n) is 1.96. The summed E-state index contributed by atoms with van der Waals surface area (Å²) in [6.07, 6.45) is 3.47. The van der Waals surface area contributed by atoms with Gasteiger partial charge in [-0.05, 0) is 12.3 Å². The normalized spacial score (nSPS) is 37.5. The predicted octanol–water partition coefficient (Wildman–Crippen LogP) is 1.55. The topological polar surface area (TPSA) is 18.5 Å². The van der Waals surface area contributed by atoms with Crippen molar-refractivity contribution in [3.8, 4) is 0 Å². The first-order chi connectivity index (χ1) is 4.81. The Morgan fingerprint density at radius 3 is 2.50 bits per heavy atom. The summed E-state index contributed by atoms with van der Waals surface area (Å²) < 4.78 is 11.1. The van der Waals surface area contributed by atoms with Crippen LogP contribution in [0.4, 0.5) is 0 Å². The van der Waals surface area contributed by atoms with Crippen LogP contribution in [0.1, 0.15) is 26.2 Å². The zero-order chi connectivity index (χ0) is 7.03. The second kappa shape index (κ2) is 2.21. The van der Waals surface area contributed by atoms with E-state index in [4.69, 9.17) is 9.47 Å². The van der Waals surface area contributed by atoms with Crippen LogP contribution in [0.15, 0.2) is 0 Å². The van der Waals surface area contributed by atoms with Crippen LogP contribution in [0.25, 0.3) is 0 Å². The fraction of sp³-hybridized carbons (Fsp3) is 1.00. The largest absolute Gasteiger partial charge is 0.348 e. The first kappa shape index (κ1) is 6.62. The minimum Gasteiger partial charge on any atom is -0.348 e. The van der Waals surface area contributed by atoms with Crippen molar-refractivity contribution in [3.05, 3.63) is 0 Å². The van der Waals surface area contributed by atoms with Gasteiger partial charge in [0.1, 0.15) is 0 Å². The number of rotatable bonds is 0. The standard InChI is InChI=1S/C8H14O2/c1-7-2-3-8(6-7)9-4-5-10-8/h7H,2-6H2,1H3. The molecule has 0 amide bonds. The van der Waals surface area contributed by atoms with E-state index in [1.165, 1.54) is 6.42 Å². The molecule has 0 radical (unpaired) electrons. The molecule has 0 aromatic heterocycles. The Balaban J connectivity index is 2.03. The molecule has 1 atom stereocenters. The van der Waals surface area contributed by atoms with Gasteiger partial charge in [-0.3, -0.25) is 0 Å². The highest BCUT2D eigenvalue weighted by Gasteiger charge is 2.42. The molecular formula is C8H14O2. The van der Waals surface area contributed by atoms with E-state index in [1.807, 2.05) is 0 Å². The highest BCUT2D eigenvalue weighted by Crippen LogP contribution is 2.40. The molecule has 1 aliphatic heterocycles.